The zero-order chi connectivity index (χ0) is 16.6. The Kier molecular flexibility index (Phi) is 6.69. The average molecular weight is 308 g/mol. The Labute approximate surface area is 131 Å². The van der Waals surface area contributed by atoms with Crippen LogP contribution in [-0.4, -0.2) is 37.3 Å². The molecule has 0 aliphatic rings. The van der Waals surface area contributed by atoms with Gasteiger partial charge < -0.3 is 20.1 Å². The number of amides is 2. The van der Waals surface area contributed by atoms with Gasteiger partial charge in [-0.25, -0.2) is 4.79 Å². The maximum Gasteiger partial charge on any atom is 0.407 e. The molecule has 0 saturated heterocycles. The van der Waals surface area contributed by atoms with E-state index in [1.165, 1.54) is 0 Å². The number of aryl methyl sites for hydroxylation is 1. The summed E-state index contributed by atoms with van der Waals surface area (Å²) in [5, 5.41) is 5.21. The van der Waals surface area contributed by atoms with Gasteiger partial charge in [0.25, 0.3) is 5.91 Å². The standard InChI is InChI=1S/C16H24N2O4/c1-12-5-7-13(8-6-12)21-11-14(19)17-9-10-18-15(20)22-16(2,3)4/h5-8H,9-11H2,1-4H3,(H,17,19)(H,18,20). The predicted molar refractivity (Wildman–Crippen MR) is 83.9 cm³/mol. The van der Waals surface area contributed by atoms with E-state index < -0.39 is 11.7 Å². The first-order valence-corrected chi connectivity index (χ1v) is 7.19. The molecule has 0 atom stereocenters. The number of rotatable bonds is 6. The van der Waals surface area contributed by atoms with E-state index in [0.717, 1.165) is 5.56 Å². The molecule has 0 heterocycles. The first-order valence-electron chi connectivity index (χ1n) is 7.19. The van der Waals surface area contributed by atoms with Crippen LogP contribution in [0.25, 0.3) is 0 Å². The van der Waals surface area contributed by atoms with E-state index in [1.54, 1.807) is 20.8 Å². The van der Waals surface area contributed by atoms with E-state index in [1.807, 2.05) is 31.2 Å². The summed E-state index contributed by atoms with van der Waals surface area (Å²) in [6, 6.07) is 7.45. The van der Waals surface area contributed by atoms with Crippen molar-refractivity contribution in [3.05, 3.63) is 29.8 Å². The van der Waals surface area contributed by atoms with Crippen LogP contribution in [0.3, 0.4) is 0 Å². The van der Waals surface area contributed by atoms with E-state index in [2.05, 4.69) is 10.6 Å². The monoisotopic (exact) mass is 308 g/mol. The first kappa shape index (κ1) is 17.8. The molecule has 0 bridgehead atoms. The molecular formula is C16H24N2O4. The summed E-state index contributed by atoms with van der Waals surface area (Å²) < 4.78 is 10.4. The van der Waals surface area contributed by atoms with Gasteiger partial charge in [0.05, 0.1) is 0 Å². The van der Waals surface area contributed by atoms with E-state index in [4.69, 9.17) is 9.47 Å². The van der Waals surface area contributed by atoms with Crippen LogP contribution in [0.15, 0.2) is 24.3 Å². The highest BCUT2D eigenvalue weighted by molar-refractivity contribution is 5.77. The molecule has 122 valence electrons. The first-order chi connectivity index (χ1) is 10.3. The Morgan fingerprint density at radius 3 is 2.23 bits per heavy atom. The Morgan fingerprint density at radius 1 is 1.05 bits per heavy atom. The van der Waals surface area contributed by atoms with Gasteiger partial charge in [0, 0.05) is 13.1 Å². The number of hydrogen-bond acceptors (Lipinski definition) is 4. The van der Waals surface area contributed by atoms with Crippen LogP contribution < -0.4 is 15.4 Å². The molecule has 0 spiro atoms. The topological polar surface area (TPSA) is 76.7 Å². The van der Waals surface area contributed by atoms with Crippen LogP contribution in [0.2, 0.25) is 0 Å². The molecule has 1 aromatic rings. The molecule has 0 saturated carbocycles. The van der Waals surface area contributed by atoms with Crippen LogP contribution in [-0.2, 0) is 9.53 Å². The van der Waals surface area contributed by atoms with Crippen LogP contribution in [0.4, 0.5) is 4.79 Å². The lowest BCUT2D eigenvalue weighted by Crippen LogP contribution is -2.39. The second-order valence-corrected chi connectivity index (χ2v) is 5.88. The molecule has 0 aliphatic carbocycles. The van der Waals surface area contributed by atoms with Crippen LogP contribution in [0.5, 0.6) is 5.75 Å². The highest BCUT2D eigenvalue weighted by Crippen LogP contribution is 2.10. The second-order valence-electron chi connectivity index (χ2n) is 5.88. The van der Waals surface area contributed by atoms with Crippen molar-refractivity contribution in [3.63, 3.8) is 0 Å². The summed E-state index contributed by atoms with van der Waals surface area (Å²) >= 11 is 0. The Hall–Kier alpha value is -2.24. The number of nitrogens with one attached hydrogen (secondary N) is 2. The highest BCUT2D eigenvalue weighted by atomic mass is 16.6. The third-order valence-electron chi connectivity index (χ3n) is 2.51. The summed E-state index contributed by atoms with van der Waals surface area (Å²) in [5.74, 6) is 0.402. The maximum atomic E-state index is 11.6. The lowest BCUT2D eigenvalue weighted by molar-refractivity contribution is -0.123. The van der Waals surface area contributed by atoms with E-state index in [9.17, 15) is 9.59 Å². The summed E-state index contributed by atoms with van der Waals surface area (Å²) in [6.07, 6.45) is -0.502. The average Bonchev–Trinajstić information content (AvgIpc) is 2.41. The molecule has 0 fully saturated rings. The minimum absolute atomic E-state index is 0.0600. The van der Waals surface area contributed by atoms with Gasteiger partial charge in [-0.3, -0.25) is 4.79 Å². The fourth-order valence-corrected chi connectivity index (χ4v) is 1.52. The van der Waals surface area contributed by atoms with E-state index >= 15 is 0 Å². The van der Waals surface area contributed by atoms with Gasteiger partial charge in [-0.1, -0.05) is 17.7 Å². The SMILES string of the molecule is Cc1ccc(OCC(=O)NCCNC(=O)OC(C)(C)C)cc1. The smallest absolute Gasteiger partial charge is 0.407 e. The van der Waals surface area contributed by atoms with Crippen molar-refractivity contribution in [2.24, 2.45) is 0 Å². The van der Waals surface area contributed by atoms with Crippen LogP contribution >= 0.6 is 0 Å². The number of carbonyl (C=O) groups excluding carboxylic acids is 2. The predicted octanol–water partition coefficient (Wildman–Crippen LogP) is 2.01. The van der Waals surface area contributed by atoms with Crippen LogP contribution in [0, 0.1) is 6.92 Å². The number of hydrogen-bond donors (Lipinski definition) is 2. The lowest BCUT2D eigenvalue weighted by Gasteiger charge is -2.19. The zero-order valence-electron chi connectivity index (χ0n) is 13.6. The third kappa shape index (κ3) is 8.14. The summed E-state index contributed by atoms with van der Waals surface area (Å²) in [4.78, 5) is 22.9. The van der Waals surface area contributed by atoms with Crippen molar-refractivity contribution in [2.45, 2.75) is 33.3 Å². The fourth-order valence-electron chi connectivity index (χ4n) is 1.52. The molecular weight excluding hydrogens is 284 g/mol. The lowest BCUT2D eigenvalue weighted by atomic mass is 10.2. The van der Waals surface area contributed by atoms with Crippen molar-refractivity contribution < 1.29 is 19.1 Å². The van der Waals surface area contributed by atoms with Crippen molar-refractivity contribution >= 4 is 12.0 Å². The minimum atomic E-state index is -0.533. The molecule has 0 radical (unpaired) electrons. The van der Waals surface area contributed by atoms with E-state index in [-0.39, 0.29) is 12.5 Å². The molecule has 0 unspecified atom stereocenters. The van der Waals surface area contributed by atoms with Gasteiger partial charge >= 0.3 is 6.09 Å². The minimum Gasteiger partial charge on any atom is -0.484 e. The molecule has 2 amide bonds. The van der Waals surface area contributed by atoms with Gasteiger partial charge in [-0.05, 0) is 39.8 Å². The van der Waals surface area contributed by atoms with Gasteiger partial charge in [0.2, 0.25) is 0 Å². The normalized spacial score (nSPS) is 10.7. The highest BCUT2D eigenvalue weighted by Gasteiger charge is 2.15. The molecule has 2 N–H and O–H groups in total. The fraction of sp³-hybridized carbons (Fsp3) is 0.500. The third-order valence-corrected chi connectivity index (χ3v) is 2.51. The number of alkyl carbamates (subject to hydrolysis) is 1. The van der Waals surface area contributed by atoms with Crippen molar-refractivity contribution in [2.75, 3.05) is 19.7 Å². The van der Waals surface area contributed by atoms with Crippen LogP contribution in [0.1, 0.15) is 26.3 Å². The summed E-state index contributed by atoms with van der Waals surface area (Å²) in [7, 11) is 0. The van der Waals surface area contributed by atoms with Gasteiger partial charge in [0.15, 0.2) is 6.61 Å². The maximum absolute atomic E-state index is 11.6. The Morgan fingerprint density at radius 2 is 1.64 bits per heavy atom. The number of benzene rings is 1. The molecule has 0 aromatic heterocycles. The second kappa shape index (κ2) is 8.26. The molecule has 1 aromatic carbocycles. The molecule has 0 aliphatic heterocycles. The van der Waals surface area contributed by atoms with Crippen molar-refractivity contribution in [1.29, 1.82) is 0 Å². The largest absolute Gasteiger partial charge is 0.484 e. The molecule has 6 heteroatoms. The summed E-state index contributed by atoms with van der Waals surface area (Å²) in [6.45, 7) is 7.90. The zero-order valence-corrected chi connectivity index (χ0v) is 13.6. The molecule has 1 rings (SSSR count). The summed E-state index contributed by atoms with van der Waals surface area (Å²) in [5.41, 5.74) is 0.597. The molecule has 6 nitrogen and oxygen atoms in total. The molecule has 22 heavy (non-hydrogen) atoms. The number of ether oxygens (including phenoxy) is 2. The Balaban J connectivity index is 2.13. The number of carbonyl (C=O) groups is 2. The van der Waals surface area contributed by atoms with E-state index in [0.29, 0.717) is 18.8 Å². The van der Waals surface area contributed by atoms with Crippen molar-refractivity contribution in [1.82, 2.24) is 10.6 Å². The van der Waals surface area contributed by atoms with Crippen molar-refractivity contribution in [3.8, 4) is 5.75 Å². The van der Waals surface area contributed by atoms with Gasteiger partial charge in [0.1, 0.15) is 11.4 Å². The van der Waals surface area contributed by atoms with Gasteiger partial charge in [-0.2, -0.15) is 0 Å². The van der Waals surface area contributed by atoms with Gasteiger partial charge in [-0.15, -0.1) is 0 Å². The Bertz CT molecular complexity index is 492. The quantitative estimate of drug-likeness (QED) is 0.788.